The molecule has 1 aromatic rings. The van der Waals surface area contributed by atoms with Crippen molar-refractivity contribution >= 4 is 5.91 Å². The molecule has 2 N–H and O–H groups in total. The van der Waals surface area contributed by atoms with Crippen molar-refractivity contribution in [2.45, 2.75) is 39.7 Å². The van der Waals surface area contributed by atoms with Gasteiger partial charge in [-0.2, -0.15) is 5.10 Å². The van der Waals surface area contributed by atoms with Gasteiger partial charge in [0.25, 0.3) is 0 Å². The van der Waals surface area contributed by atoms with Crippen LogP contribution in [-0.2, 0) is 4.79 Å². The SMILES string of the molecule is CCCC(C)C(=O)NC(C)c1ncn[nH]1. The Bertz CT molecular complexity index is 296. The number of carbonyl (C=O) groups is 1. The number of hydrogen-bond acceptors (Lipinski definition) is 3. The zero-order valence-electron chi connectivity index (χ0n) is 9.45. The lowest BCUT2D eigenvalue weighted by Gasteiger charge is -2.15. The van der Waals surface area contributed by atoms with E-state index in [2.05, 4.69) is 27.4 Å². The number of nitrogens with zero attached hydrogens (tertiary/aromatic N) is 2. The largest absolute Gasteiger partial charge is 0.346 e. The average molecular weight is 210 g/mol. The first-order chi connectivity index (χ1) is 7.15. The number of nitrogens with one attached hydrogen (secondary N) is 2. The van der Waals surface area contributed by atoms with E-state index in [-0.39, 0.29) is 17.9 Å². The maximum Gasteiger partial charge on any atom is 0.223 e. The highest BCUT2D eigenvalue weighted by Crippen LogP contribution is 2.09. The van der Waals surface area contributed by atoms with Gasteiger partial charge in [-0.1, -0.05) is 20.3 Å². The van der Waals surface area contributed by atoms with Crippen LogP contribution in [0.4, 0.5) is 0 Å². The molecule has 84 valence electrons. The van der Waals surface area contributed by atoms with Gasteiger partial charge in [0.15, 0.2) is 0 Å². The highest BCUT2D eigenvalue weighted by Gasteiger charge is 2.16. The molecular weight excluding hydrogens is 192 g/mol. The van der Waals surface area contributed by atoms with Gasteiger partial charge in [0.05, 0.1) is 6.04 Å². The van der Waals surface area contributed by atoms with Gasteiger partial charge in [-0.15, -0.1) is 0 Å². The average Bonchev–Trinajstić information content (AvgIpc) is 2.70. The second kappa shape index (κ2) is 5.48. The summed E-state index contributed by atoms with van der Waals surface area (Å²) in [5.74, 6) is 0.813. The molecule has 0 saturated carbocycles. The van der Waals surface area contributed by atoms with Crippen molar-refractivity contribution in [3.05, 3.63) is 12.2 Å². The fourth-order valence-corrected chi connectivity index (χ4v) is 1.41. The molecule has 0 spiro atoms. The van der Waals surface area contributed by atoms with Crippen LogP contribution in [-0.4, -0.2) is 21.1 Å². The van der Waals surface area contributed by atoms with Gasteiger partial charge in [-0.25, -0.2) is 4.98 Å². The summed E-state index contributed by atoms with van der Waals surface area (Å²) >= 11 is 0. The summed E-state index contributed by atoms with van der Waals surface area (Å²) < 4.78 is 0. The maximum atomic E-state index is 11.7. The summed E-state index contributed by atoms with van der Waals surface area (Å²) in [5.41, 5.74) is 0. The molecule has 0 aromatic carbocycles. The summed E-state index contributed by atoms with van der Waals surface area (Å²) in [5, 5.41) is 9.38. The highest BCUT2D eigenvalue weighted by atomic mass is 16.1. The lowest BCUT2D eigenvalue weighted by molar-refractivity contribution is -0.125. The second-order valence-corrected chi connectivity index (χ2v) is 3.79. The van der Waals surface area contributed by atoms with E-state index in [0.29, 0.717) is 5.82 Å². The van der Waals surface area contributed by atoms with Crippen LogP contribution < -0.4 is 5.32 Å². The zero-order chi connectivity index (χ0) is 11.3. The Morgan fingerprint density at radius 1 is 1.60 bits per heavy atom. The Kier molecular flexibility index (Phi) is 4.27. The number of hydrogen-bond donors (Lipinski definition) is 2. The van der Waals surface area contributed by atoms with Crippen LogP contribution in [0.3, 0.4) is 0 Å². The minimum absolute atomic E-state index is 0.0559. The number of rotatable bonds is 5. The number of aromatic nitrogens is 3. The van der Waals surface area contributed by atoms with E-state index < -0.39 is 0 Å². The first-order valence-corrected chi connectivity index (χ1v) is 5.30. The van der Waals surface area contributed by atoms with E-state index in [1.807, 2.05) is 13.8 Å². The molecule has 1 rings (SSSR count). The van der Waals surface area contributed by atoms with E-state index in [4.69, 9.17) is 0 Å². The molecule has 1 aromatic heterocycles. The first kappa shape index (κ1) is 11.7. The van der Waals surface area contributed by atoms with Crippen LogP contribution in [0, 0.1) is 5.92 Å². The van der Waals surface area contributed by atoms with E-state index >= 15 is 0 Å². The molecule has 5 nitrogen and oxygen atoms in total. The lowest BCUT2D eigenvalue weighted by atomic mass is 10.1. The first-order valence-electron chi connectivity index (χ1n) is 5.30. The second-order valence-electron chi connectivity index (χ2n) is 3.79. The van der Waals surface area contributed by atoms with Crippen molar-refractivity contribution < 1.29 is 4.79 Å². The molecule has 15 heavy (non-hydrogen) atoms. The van der Waals surface area contributed by atoms with Gasteiger partial charge < -0.3 is 5.32 Å². The van der Waals surface area contributed by atoms with Crippen molar-refractivity contribution in [3.63, 3.8) is 0 Å². The third-order valence-corrected chi connectivity index (χ3v) is 2.37. The van der Waals surface area contributed by atoms with Crippen molar-refractivity contribution in [1.29, 1.82) is 0 Å². The number of aromatic amines is 1. The minimum atomic E-state index is -0.112. The Hall–Kier alpha value is -1.39. The molecule has 0 radical (unpaired) electrons. The van der Waals surface area contributed by atoms with Crippen molar-refractivity contribution in [2.75, 3.05) is 0 Å². The normalized spacial score (nSPS) is 14.6. The topological polar surface area (TPSA) is 70.7 Å². The number of carbonyl (C=O) groups excluding carboxylic acids is 1. The summed E-state index contributed by atoms with van der Waals surface area (Å²) in [6.07, 6.45) is 3.37. The molecule has 5 heteroatoms. The molecule has 2 atom stereocenters. The Balaban J connectivity index is 2.44. The molecule has 2 unspecified atom stereocenters. The van der Waals surface area contributed by atoms with Gasteiger partial charge in [0.2, 0.25) is 5.91 Å². The highest BCUT2D eigenvalue weighted by molar-refractivity contribution is 5.78. The van der Waals surface area contributed by atoms with Crippen LogP contribution in [0.5, 0.6) is 0 Å². The monoisotopic (exact) mass is 210 g/mol. The van der Waals surface area contributed by atoms with Crippen molar-refractivity contribution in [1.82, 2.24) is 20.5 Å². The van der Waals surface area contributed by atoms with Gasteiger partial charge in [0, 0.05) is 5.92 Å². The molecule has 0 saturated heterocycles. The van der Waals surface area contributed by atoms with Gasteiger partial charge in [-0.05, 0) is 13.3 Å². The summed E-state index contributed by atoms with van der Waals surface area (Å²) in [6, 6.07) is -0.112. The zero-order valence-corrected chi connectivity index (χ0v) is 9.45. The molecule has 0 aliphatic rings. The minimum Gasteiger partial charge on any atom is -0.346 e. The quantitative estimate of drug-likeness (QED) is 0.772. The standard InChI is InChI=1S/C10H18N4O/c1-4-5-7(2)10(15)13-8(3)9-11-6-12-14-9/h6-8H,4-5H2,1-3H3,(H,13,15)(H,11,12,14). The molecule has 0 fully saturated rings. The van der Waals surface area contributed by atoms with Crippen LogP contribution in [0.25, 0.3) is 0 Å². The lowest BCUT2D eigenvalue weighted by Crippen LogP contribution is -2.32. The third-order valence-electron chi connectivity index (χ3n) is 2.37. The number of amides is 1. The third kappa shape index (κ3) is 3.34. The predicted molar refractivity (Wildman–Crippen MR) is 57.0 cm³/mol. The van der Waals surface area contributed by atoms with Gasteiger partial charge in [-0.3, -0.25) is 9.89 Å². The van der Waals surface area contributed by atoms with Crippen LogP contribution in [0.1, 0.15) is 45.5 Å². The molecule has 1 heterocycles. The molecule has 0 bridgehead atoms. The summed E-state index contributed by atoms with van der Waals surface area (Å²) in [4.78, 5) is 15.7. The van der Waals surface area contributed by atoms with Crippen molar-refractivity contribution in [3.8, 4) is 0 Å². The van der Waals surface area contributed by atoms with Crippen LogP contribution >= 0.6 is 0 Å². The Morgan fingerprint density at radius 2 is 2.33 bits per heavy atom. The predicted octanol–water partition coefficient (Wildman–Crippen LogP) is 1.42. The maximum absolute atomic E-state index is 11.7. The van der Waals surface area contributed by atoms with Crippen LogP contribution in [0.15, 0.2) is 6.33 Å². The van der Waals surface area contributed by atoms with Gasteiger partial charge in [0.1, 0.15) is 12.2 Å². The fourth-order valence-electron chi connectivity index (χ4n) is 1.41. The van der Waals surface area contributed by atoms with Gasteiger partial charge >= 0.3 is 0 Å². The molecule has 1 amide bonds. The fraction of sp³-hybridized carbons (Fsp3) is 0.700. The van der Waals surface area contributed by atoms with E-state index in [0.717, 1.165) is 12.8 Å². The smallest absolute Gasteiger partial charge is 0.223 e. The summed E-state index contributed by atoms with van der Waals surface area (Å²) in [6.45, 7) is 5.90. The number of H-pyrrole nitrogens is 1. The molecule has 0 aliphatic carbocycles. The van der Waals surface area contributed by atoms with E-state index in [1.165, 1.54) is 6.33 Å². The van der Waals surface area contributed by atoms with E-state index in [9.17, 15) is 4.79 Å². The Labute approximate surface area is 89.7 Å². The molecule has 0 aliphatic heterocycles. The summed E-state index contributed by atoms with van der Waals surface area (Å²) in [7, 11) is 0. The Morgan fingerprint density at radius 3 is 2.87 bits per heavy atom. The van der Waals surface area contributed by atoms with Crippen molar-refractivity contribution in [2.24, 2.45) is 5.92 Å². The van der Waals surface area contributed by atoms with Crippen LogP contribution in [0.2, 0.25) is 0 Å². The molecular formula is C10H18N4O. The van der Waals surface area contributed by atoms with E-state index in [1.54, 1.807) is 0 Å².